The Hall–Kier alpha value is -1.69. The predicted molar refractivity (Wildman–Crippen MR) is 78.8 cm³/mol. The second-order valence-electron chi connectivity index (χ2n) is 4.70. The Bertz CT molecular complexity index is 654. The van der Waals surface area contributed by atoms with Crippen molar-refractivity contribution in [2.24, 2.45) is 0 Å². The maximum atomic E-state index is 12.9. The van der Waals surface area contributed by atoms with E-state index >= 15 is 0 Å². The number of aryl methyl sites for hydroxylation is 2. The molecule has 1 N–H and O–H groups in total. The Morgan fingerprint density at radius 2 is 1.81 bits per heavy atom. The fourth-order valence-electron chi connectivity index (χ4n) is 1.78. The number of hydrogen-bond donors (Lipinski definition) is 1. The number of aromatic nitrogens is 1. The molecule has 0 aliphatic heterocycles. The summed E-state index contributed by atoms with van der Waals surface area (Å²) < 4.78 is 38.7. The Kier molecular flexibility index (Phi) is 4.46. The lowest BCUT2D eigenvalue weighted by Crippen LogP contribution is -2.07. The first kappa shape index (κ1) is 15.7. The Labute approximate surface area is 125 Å². The van der Waals surface area contributed by atoms with E-state index in [1.807, 2.05) is 32.0 Å². The van der Waals surface area contributed by atoms with E-state index in [0.717, 1.165) is 28.2 Å². The molecule has 1 heterocycles. The maximum Gasteiger partial charge on any atom is 0.416 e. The molecular formula is C15H15F3N2S. The van der Waals surface area contributed by atoms with Crippen molar-refractivity contribution in [2.75, 3.05) is 12.4 Å². The van der Waals surface area contributed by atoms with Crippen LogP contribution in [0.4, 0.5) is 19.0 Å². The first-order valence-corrected chi connectivity index (χ1v) is 7.13. The lowest BCUT2D eigenvalue weighted by molar-refractivity contribution is -0.137. The number of nitrogens with one attached hydrogen (secondary N) is 1. The zero-order valence-electron chi connectivity index (χ0n) is 11.9. The molecule has 2 rings (SSSR count). The first-order valence-electron chi connectivity index (χ1n) is 6.32. The van der Waals surface area contributed by atoms with E-state index in [1.54, 1.807) is 7.05 Å². The molecular weight excluding hydrogens is 297 g/mol. The van der Waals surface area contributed by atoms with Crippen LogP contribution in [-0.4, -0.2) is 12.0 Å². The molecule has 0 amide bonds. The predicted octanol–water partition coefficient (Wildman–Crippen LogP) is 4.91. The highest BCUT2D eigenvalue weighted by atomic mass is 32.2. The molecule has 0 spiro atoms. The quantitative estimate of drug-likeness (QED) is 0.871. The van der Waals surface area contributed by atoms with Gasteiger partial charge in [0, 0.05) is 11.9 Å². The number of hydrogen-bond acceptors (Lipinski definition) is 3. The second-order valence-corrected chi connectivity index (χ2v) is 5.76. The minimum absolute atomic E-state index is 0.206. The summed E-state index contributed by atoms with van der Waals surface area (Å²) in [5.74, 6) is 0.206. The summed E-state index contributed by atoms with van der Waals surface area (Å²) in [7, 11) is 1.55. The van der Waals surface area contributed by atoms with E-state index in [9.17, 15) is 13.2 Å². The fourth-order valence-corrected chi connectivity index (χ4v) is 2.81. The van der Waals surface area contributed by atoms with Crippen molar-refractivity contribution in [2.45, 2.75) is 29.9 Å². The molecule has 112 valence electrons. The number of alkyl halides is 3. The van der Waals surface area contributed by atoms with Crippen LogP contribution in [0, 0.1) is 13.8 Å². The number of halogens is 3. The van der Waals surface area contributed by atoms with Crippen molar-refractivity contribution in [3.63, 3.8) is 0 Å². The van der Waals surface area contributed by atoms with Gasteiger partial charge in [-0.25, -0.2) is 4.98 Å². The number of benzene rings is 1. The maximum absolute atomic E-state index is 12.9. The number of pyridine rings is 1. The summed E-state index contributed by atoms with van der Waals surface area (Å²) >= 11 is 1.24. The van der Waals surface area contributed by atoms with Crippen LogP contribution in [0.15, 0.2) is 40.3 Å². The molecule has 0 saturated carbocycles. The van der Waals surface area contributed by atoms with Crippen molar-refractivity contribution >= 4 is 17.6 Å². The van der Waals surface area contributed by atoms with E-state index in [-0.39, 0.29) is 5.82 Å². The lowest BCUT2D eigenvalue weighted by atomic mass is 10.2. The summed E-state index contributed by atoms with van der Waals surface area (Å²) in [5.41, 5.74) is 1.37. The first-order chi connectivity index (χ1) is 9.79. The minimum atomic E-state index is -4.38. The van der Waals surface area contributed by atoms with Gasteiger partial charge in [-0.2, -0.15) is 13.2 Å². The molecule has 0 saturated heterocycles. The van der Waals surface area contributed by atoms with Crippen LogP contribution >= 0.6 is 11.8 Å². The summed E-state index contributed by atoms with van der Waals surface area (Å²) in [5, 5.41) is 2.99. The van der Waals surface area contributed by atoms with Gasteiger partial charge in [0.25, 0.3) is 0 Å². The molecule has 0 aliphatic rings. The molecule has 2 aromatic rings. The smallest absolute Gasteiger partial charge is 0.373 e. The van der Waals surface area contributed by atoms with Gasteiger partial charge < -0.3 is 5.32 Å². The summed E-state index contributed by atoms with van der Waals surface area (Å²) in [6.45, 7) is 3.87. The molecule has 2 nitrogen and oxygen atoms in total. The highest BCUT2D eigenvalue weighted by Gasteiger charge is 2.31. The molecule has 0 fully saturated rings. The van der Waals surface area contributed by atoms with Crippen LogP contribution in [-0.2, 0) is 6.18 Å². The van der Waals surface area contributed by atoms with Crippen LogP contribution in [0.25, 0.3) is 0 Å². The largest absolute Gasteiger partial charge is 0.416 e. The van der Waals surface area contributed by atoms with Crippen molar-refractivity contribution in [1.29, 1.82) is 0 Å². The third-order valence-corrected chi connectivity index (χ3v) is 4.02. The zero-order valence-corrected chi connectivity index (χ0v) is 12.7. The van der Waals surface area contributed by atoms with Crippen molar-refractivity contribution in [3.05, 3.63) is 47.0 Å². The molecule has 0 radical (unpaired) electrons. The van der Waals surface area contributed by atoms with E-state index in [1.165, 1.54) is 11.8 Å². The van der Waals surface area contributed by atoms with Gasteiger partial charge in [0.15, 0.2) is 0 Å². The lowest BCUT2D eigenvalue weighted by Gasteiger charge is -2.12. The fraction of sp³-hybridized carbons (Fsp3) is 0.267. The Morgan fingerprint density at radius 1 is 1.10 bits per heavy atom. The second kappa shape index (κ2) is 5.97. The molecule has 1 aromatic heterocycles. The highest BCUT2D eigenvalue weighted by molar-refractivity contribution is 7.99. The summed E-state index contributed by atoms with van der Waals surface area (Å²) in [6, 6.07) is 7.95. The molecule has 0 bridgehead atoms. The minimum Gasteiger partial charge on any atom is -0.373 e. The highest BCUT2D eigenvalue weighted by Crippen LogP contribution is 2.36. The Morgan fingerprint density at radius 3 is 2.43 bits per heavy atom. The number of nitrogens with zero attached hydrogens (tertiary/aromatic N) is 1. The van der Waals surface area contributed by atoms with Gasteiger partial charge in [-0.15, -0.1) is 0 Å². The summed E-state index contributed by atoms with van der Waals surface area (Å²) in [4.78, 5) is 5.09. The number of rotatable bonds is 3. The van der Waals surface area contributed by atoms with Crippen molar-refractivity contribution in [3.8, 4) is 0 Å². The third-order valence-electron chi connectivity index (χ3n) is 2.94. The van der Waals surface area contributed by atoms with Crippen LogP contribution in [0.5, 0.6) is 0 Å². The molecule has 0 unspecified atom stereocenters. The standard InChI is InChI=1S/C15H15F3N2S/c1-9-4-5-10(2)12(6-9)21-14-8-11(15(16,17)18)7-13(19-3)20-14/h4-8H,1-3H3,(H,19,20). The van der Waals surface area contributed by atoms with Crippen LogP contribution in [0.1, 0.15) is 16.7 Å². The van der Waals surface area contributed by atoms with Gasteiger partial charge in [0.05, 0.1) is 5.56 Å². The SMILES string of the molecule is CNc1cc(C(F)(F)F)cc(Sc2cc(C)ccc2C)n1. The topological polar surface area (TPSA) is 24.9 Å². The monoisotopic (exact) mass is 312 g/mol. The molecule has 21 heavy (non-hydrogen) atoms. The van der Waals surface area contributed by atoms with Gasteiger partial charge in [0.1, 0.15) is 10.8 Å². The third kappa shape index (κ3) is 3.91. The van der Waals surface area contributed by atoms with Gasteiger partial charge >= 0.3 is 6.18 Å². The van der Waals surface area contributed by atoms with E-state index in [4.69, 9.17) is 0 Å². The van der Waals surface area contributed by atoms with Gasteiger partial charge in [-0.3, -0.25) is 0 Å². The molecule has 0 aliphatic carbocycles. The molecule has 6 heteroatoms. The van der Waals surface area contributed by atoms with E-state index < -0.39 is 11.7 Å². The van der Waals surface area contributed by atoms with Crippen LogP contribution < -0.4 is 5.32 Å². The van der Waals surface area contributed by atoms with Gasteiger partial charge in [-0.1, -0.05) is 23.9 Å². The van der Waals surface area contributed by atoms with Gasteiger partial charge in [-0.05, 0) is 43.2 Å². The van der Waals surface area contributed by atoms with Crippen LogP contribution in [0.2, 0.25) is 0 Å². The van der Waals surface area contributed by atoms with Crippen LogP contribution in [0.3, 0.4) is 0 Å². The molecule has 0 atom stereocenters. The van der Waals surface area contributed by atoms with E-state index in [0.29, 0.717) is 5.03 Å². The average Bonchev–Trinajstić information content (AvgIpc) is 2.41. The van der Waals surface area contributed by atoms with E-state index in [2.05, 4.69) is 10.3 Å². The average molecular weight is 312 g/mol. The van der Waals surface area contributed by atoms with Gasteiger partial charge in [0.2, 0.25) is 0 Å². The zero-order chi connectivity index (χ0) is 15.6. The Balaban J connectivity index is 2.42. The molecule has 1 aromatic carbocycles. The summed E-state index contributed by atoms with van der Waals surface area (Å²) in [6.07, 6.45) is -4.38. The van der Waals surface area contributed by atoms with Crippen molar-refractivity contribution in [1.82, 2.24) is 4.98 Å². The van der Waals surface area contributed by atoms with Crippen molar-refractivity contribution < 1.29 is 13.2 Å². The normalized spacial score (nSPS) is 11.5. The number of anilines is 1.